The number of urea groups is 1. The van der Waals surface area contributed by atoms with Crippen LogP contribution in [0.1, 0.15) is 32.6 Å². The highest BCUT2D eigenvalue weighted by atomic mass is 32.1. The summed E-state index contributed by atoms with van der Waals surface area (Å²) in [5.41, 5.74) is 0.0430. The second kappa shape index (κ2) is 5.53. The van der Waals surface area contributed by atoms with E-state index in [4.69, 9.17) is 4.52 Å². The molecule has 2 aromatic rings. The number of hydrogen-bond acceptors (Lipinski definition) is 6. The molecule has 8 heteroatoms. The minimum atomic E-state index is -0.812. The van der Waals surface area contributed by atoms with Gasteiger partial charge in [0.2, 0.25) is 11.7 Å². The summed E-state index contributed by atoms with van der Waals surface area (Å²) in [7, 11) is 0. The molecule has 1 aliphatic rings. The predicted octanol–water partition coefficient (Wildman–Crippen LogP) is 2.41. The molecule has 1 fully saturated rings. The van der Waals surface area contributed by atoms with Crippen LogP contribution in [0.2, 0.25) is 0 Å². The zero-order valence-corrected chi connectivity index (χ0v) is 13.1. The lowest BCUT2D eigenvalue weighted by Crippen LogP contribution is -2.45. The van der Waals surface area contributed by atoms with Gasteiger partial charge in [0.1, 0.15) is 12.1 Å². The first kappa shape index (κ1) is 14.7. The molecule has 2 aromatic heterocycles. The van der Waals surface area contributed by atoms with Crippen molar-refractivity contribution in [1.29, 1.82) is 0 Å². The van der Waals surface area contributed by atoms with Gasteiger partial charge in [-0.1, -0.05) is 19.0 Å². The molecule has 3 rings (SSSR count). The molecule has 0 bridgehead atoms. The molecule has 0 aromatic carbocycles. The Morgan fingerprint density at radius 2 is 2.14 bits per heavy atom. The maximum absolute atomic E-state index is 12.5. The first-order chi connectivity index (χ1) is 10.6. The zero-order valence-electron chi connectivity index (χ0n) is 12.3. The van der Waals surface area contributed by atoms with Crippen molar-refractivity contribution in [3.63, 3.8) is 0 Å². The maximum atomic E-state index is 12.5. The van der Waals surface area contributed by atoms with Crippen molar-refractivity contribution in [2.45, 2.75) is 38.8 Å². The van der Waals surface area contributed by atoms with Crippen LogP contribution < -0.4 is 5.32 Å². The van der Waals surface area contributed by atoms with Crippen molar-refractivity contribution < 1.29 is 14.1 Å². The quantitative estimate of drug-likeness (QED) is 0.855. The summed E-state index contributed by atoms with van der Waals surface area (Å²) in [5.74, 6) is 0.464. The lowest BCUT2D eigenvalue weighted by molar-refractivity contribution is -0.132. The largest absolute Gasteiger partial charge is 0.337 e. The monoisotopic (exact) mass is 320 g/mol. The molecule has 3 amide bonds. The van der Waals surface area contributed by atoms with Crippen LogP contribution in [0.25, 0.3) is 11.4 Å². The molecule has 0 spiro atoms. The number of aromatic nitrogens is 2. The molecule has 0 aliphatic carbocycles. The molecule has 22 heavy (non-hydrogen) atoms. The Hall–Kier alpha value is -2.22. The van der Waals surface area contributed by atoms with Crippen LogP contribution in [0, 0.1) is 0 Å². The molecule has 1 saturated heterocycles. The van der Waals surface area contributed by atoms with E-state index >= 15 is 0 Å². The summed E-state index contributed by atoms with van der Waals surface area (Å²) in [6.45, 7) is 3.75. The third kappa shape index (κ3) is 2.29. The summed E-state index contributed by atoms with van der Waals surface area (Å²) < 4.78 is 5.15. The fourth-order valence-corrected chi connectivity index (χ4v) is 3.15. The van der Waals surface area contributed by atoms with Crippen molar-refractivity contribution in [1.82, 2.24) is 20.4 Å². The van der Waals surface area contributed by atoms with Gasteiger partial charge < -0.3 is 9.84 Å². The van der Waals surface area contributed by atoms with Crippen LogP contribution in [0.4, 0.5) is 4.79 Å². The maximum Gasteiger partial charge on any atom is 0.325 e. The fraction of sp³-hybridized carbons (Fsp3) is 0.429. The number of nitrogens with zero attached hydrogens (tertiary/aromatic N) is 3. The lowest BCUT2D eigenvalue weighted by Gasteiger charge is -2.22. The summed E-state index contributed by atoms with van der Waals surface area (Å²) in [6.07, 6.45) is 1.10. The van der Waals surface area contributed by atoms with Crippen LogP contribution in [0.3, 0.4) is 0 Å². The lowest BCUT2D eigenvalue weighted by atomic mass is 9.93. The van der Waals surface area contributed by atoms with Crippen LogP contribution in [0.5, 0.6) is 0 Å². The molecule has 116 valence electrons. The summed E-state index contributed by atoms with van der Waals surface area (Å²) >= 11 is 1.53. The second-order valence-corrected chi connectivity index (χ2v) is 5.91. The van der Waals surface area contributed by atoms with E-state index in [1.54, 1.807) is 0 Å². The molecule has 7 nitrogen and oxygen atoms in total. The van der Waals surface area contributed by atoms with Gasteiger partial charge in [-0.2, -0.15) is 16.3 Å². The van der Waals surface area contributed by atoms with E-state index in [1.165, 1.54) is 11.3 Å². The number of rotatable bonds is 5. The summed E-state index contributed by atoms with van der Waals surface area (Å²) in [5, 5.41) is 10.5. The minimum Gasteiger partial charge on any atom is -0.337 e. The standard InChI is InChI=1S/C14H16N4O3S/c1-3-14(4-2)12(19)18(13(20)16-14)7-10-15-11(17-21-10)9-5-6-22-8-9/h5-6,8H,3-4,7H2,1-2H3,(H,16,20). The van der Waals surface area contributed by atoms with Crippen molar-refractivity contribution in [3.05, 3.63) is 22.7 Å². The number of nitrogens with one attached hydrogen (secondary N) is 1. The number of amides is 3. The van der Waals surface area contributed by atoms with Crippen LogP contribution in [-0.2, 0) is 11.3 Å². The first-order valence-corrected chi connectivity index (χ1v) is 8.03. The fourth-order valence-electron chi connectivity index (χ4n) is 2.51. The Bertz CT molecular complexity index is 691. The highest BCUT2D eigenvalue weighted by Gasteiger charge is 2.49. The van der Waals surface area contributed by atoms with Gasteiger partial charge in [-0.25, -0.2) is 4.79 Å². The Kier molecular flexibility index (Phi) is 3.69. The van der Waals surface area contributed by atoms with Gasteiger partial charge in [0, 0.05) is 10.9 Å². The summed E-state index contributed by atoms with van der Waals surface area (Å²) in [6, 6.07) is 1.47. The van der Waals surface area contributed by atoms with Crippen LogP contribution in [-0.4, -0.2) is 32.5 Å². The molecular formula is C14H16N4O3S. The molecule has 3 heterocycles. The molecule has 0 atom stereocenters. The van der Waals surface area contributed by atoms with Gasteiger partial charge in [-0.3, -0.25) is 9.69 Å². The molecule has 0 unspecified atom stereocenters. The van der Waals surface area contributed by atoms with Crippen molar-refractivity contribution >= 4 is 23.3 Å². The van der Waals surface area contributed by atoms with Gasteiger partial charge in [-0.05, 0) is 24.3 Å². The highest BCUT2D eigenvalue weighted by molar-refractivity contribution is 7.08. The van der Waals surface area contributed by atoms with E-state index in [-0.39, 0.29) is 18.3 Å². The molecule has 0 saturated carbocycles. The molecule has 1 N–H and O–H groups in total. The van der Waals surface area contributed by atoms with E-state index in [0.29, 0.717) is 18.7 Å². The van der Waals surface area contributed by atoms with Gasteiger partial charge >= 0.3 is 6.03 Å². The Morgan fingerprint density at radius 1 is 1.36 bits per heavy atom. The Morgan fingerprint density at radius 3 is 2.73 bits per heavy atom. The zero-order chi connectivity index (χ0) is 15.7. The van der Waals surface area contributed by atoms with E-state index < -0.39 is 11.6 Å². The predicted molar refractivity (Wildman–Crippen MR) is 80.0 cm³/mol. The average Bonchev–Trinajstić information content (AvgIpc) is 3.23. The van der Waals surface area contributed by atoms with Gasteiger partial charge in [-0.15, -0.1) is 0 Å². The molecule has 1 aliphatic heterocycles. The molecule has 0 radical (unpaired) electrons. The van der Waals surface area contributed by atoms with E-state index in [2.05, 4.69) is 15.5 Å². The van der Waals surface area contributed by atoms with Crippen molar-refractivity contribution in [3.8, 4) is 11.4 Å². The van der Waals surface area contributed by atoms with Crippen molar-refractivity contribution in [2.24, 2.45) is 0 Å². The number of hydrogen-bond donors (Lipinski definition) is 1. The van der Waals surface area contributed by atoms with Crippen molar-refractivity contribution in [2.75, 3.05) is 0 Å². The van der Waals surface area contributed by atoms with Gasteiger partial charge in [0.25, 0.3) is 5.91 Å². The van der Waals surface area contributed by atoms with Gasteiger partial charge in [0.05, 0.1) is 0 Å². The molecular weight excluding hydrogens is 304 g/mol. The van der Waals surface area contributed by atoms with Gasteiger partial charge in [0.15, 0.2) is 0 Å². The Balaban J connectivity index is 1.79. The topological polar surface area (TPSA) is 88.3 Å². The number of carbonyl (C=O) groups is 2. The normalized spacial score (nSPS) is 17.1. The van der Waals surface area contributed by atoms with E-state index in [0.717, 1.165) is 10.5 Å². The SMILES string of the molecule is CCC1(CC)NC(=O)N(Cc2nc(-c3ccsc3)no2)C1=O. The second-order valence-electron chi connectivity index (χ2n) is 5.13. The van der Waals surface area contributed by atoms with Crippen LogP contribution in [0.15, 0.2) is 21.3 Å². The summed E-state index contributed by atoms with van der Waals surface area (Å²) in [4.78, 5) is 29.9. The highest BCUT2D eigenvalue weighted by Crippen LogP contribution is 2.26. The number of thiophene rings is 1. The van der Waals surface area contributed by atoms with E-state index in [1.807, 2.05) is 30.7 Å². The van der Waals surface area contributed by atoms with Crippen LogP contribution >= 0.6 is 11.3 Å². The minimum absolute atomic E-state index is 0.0104. The third-order valence-electron chi connectivity index (χ3n) is 3.99. The Labute approximate surface area is 131 Å². The third-order valence-corrected chi connectivity index (χ3v) is 4.68. The average molecular weight is 320 g/mol. The number of imide groups is 1. The van der Waals surface area contributed by atoms with E-state index in [9.17, 15) is 9.59 Å². The number of carbonyl (C=O) groups excluding carboxylic acids is 2. The smallest absolute Gasteiger partial charge is 0.325 e. The first-order valence-electron chi connectivity index (χ1n) is 7.09.